The second kappa shape index (κ2) is 3.88. The van der Waals surface area contributed by atoms with Crippen molar-refractivity contribution in [2.24, 2.45) is 0 Å². The fraction of sp³-hybridized carbons (Fsp3) is 0. The highest BCUT2D eigenvalue weighted by atomic mass is 16.1. The monoisotopic (exact) mass is 199 g/mol. The van der Waals surface area contributed by atoms with E-state index in [1.165, 1.54) is 6.33 Å². The van der Waals surface area contributed by atoms with Gasteiger partial charge in [0, 0.05) is 5.56 Å². The summed E-state index contributed by atoms with van der Waals surface area (Å²) in [5.74, 6) is 0. The van der Waals surface area contributed by atoms with Gasteiger partial charge in [0.15, 0.2) is 6.29 Å². The molecule has 2 aromatic rings. The van der Waals surface area contributed by atoms with Gasteiger partial charge in [-0.15, -0.1) is 0 Å². The summed E-state index contributed by atoms with van der Waals surface area (Å²) in [5, 5.41) is 3.97. The fourth-order valence-electron chi connectivity index (χ4n) is 1.34. The first-order chi connectivity index (χ1) is 7.35. The standard InChI is InChI=1S/C11H9N3O/c1-2-9-3-4-11(10(5-9)6-15)14-8-12-7-13-14/h2-8H,1H2. The highest BCUT2D eigenvalue weighted by molar-refractivity contribution is 5.82. The number of nitrogens with zero attached hydrogens (tertiary/aromatic N) is 3. The molecule has 15 heavy (non-hydrogen) atoms. The summed E-state index contributed by atoms with van der Waals surface area (Å²) in [4.78, 5) is 14.7. The zero-order chi connectivity index (χ0) is 10.7. The molecule has 0 fully saturated rings. The Kier molecular flexibility index (Phi) is 2.41. The maximum Gasteiger partial charge on any atom is 0.152 e. The first-order valence-electron chi connectivity index (χ1n) is 4.42. The molecule has 0 N–H and O–H groups in total. The van der Waals surface area contributed by atoms with E-state index in [9.17, 15) is 4.79 Å². The van der Waals surface area contributed by atoms with E-state index >= 15 is 0 Å². The molecular formula is C11H9N3O. The molecule has 0 atom stereocenters. The zero-order valence-electron chi connectivity index (χ0n) is 8.00. The third-order valence-corrected chi connectivity index (χ3v) is 2.08. The van der Waals surface area contributed by atoms with Gasteiger partial charge in [-0.3, -0.25) is 4.79 Å². The summed E-state index contributed by atoms with van der Waals surface area (Å²) < 4.78 is 1.55. The van der Waals surface area contributed by atoms with Crippen LogP contribution in [0, 0.1) is 0 Å². The molecular weight excluding hydrogens is 190 g/mol. The molecule has 0 radical (unpaired) electrons. The minimum absolute atomic E-state index is 0.568. The van der Waals surface area contributed by atoms with Gasteiger partial charge in [0.05, 0.1) is 5.69 Å². The van der Waals surface area contributed by atoms with Crippen LogP contribution in [-0.2, 0) is 0 Å². The zero-order valence-corrected chi connectivity index (χ0v) is 8.00. The van der Waals surface area contributed by atoms with Gasteiger partial charge >= 0.3 is 0 Å². The molecule has 0 saturated heterocycles. The molecule has 0 spiro atoms. The SMILES string of the molecule is C=Cc1ccc(-n2cncn2)c(C=O)c1. The van der Waals surface area contributed by atoms with Gasteiger partial charge in [-0.1, -0.05) is 18.7 Å². The Bertz CT molecular complexity index is 489. The largest absolute Gasteiger partial charge is 0.298 e. The third kappa shape index (κ3) is 1.69. The van der Waals surface area contributed by atoms with E-state index in [1.54, 1.807) is 23.2 Å². The maximum absolute atomic E-state index is 10.9. The number of carbonyl (C=O) groups excluding carboxylic acids is 1. The van der Waals surface area contributed by atoms with Crippen LogP contribution >= 0.6 is 0 Å². The Labute approximate surface area is 86.9 Å². The number of hydrogen-bond acceptors (Lipinski definition) is 3. The first kappa shape index (κ1) is 9.33. The molecule has 74 valence electrons. The Morgan fingerprint density at radius 3 is 2.87 bits per heavy atom. The molecule has 2 rings (SSSR count). The van der Waals surface area contributed by atoms with Crippen LogP contribution in [0.15, 0.2) is 37.4 Å². The number of aldehydes is 1. The highest BCUT2D eigenvalue weighted by Gasteiger charge is 2.04. The molecule has 1 heterocycles. The van der Waals surface area contributed by atoms with Crippen LogP contribution in [0.4, 0.5) is 0 Å². The predicted molar refractivity (Wildman–Crippen MR) is 56.8 cm³/mol. The summed E-state index contributed by atoms with van der Waals surface area (Å²) in [6.45, 7) is 3.65. The molecule has 0 saturated carbocycles. The minimum atomic E-state index is 0.568. The number of aromatic nitrogens is 3. The van der Waals surface area contributed by atoms with Crippen molar-refractivity contribution in [1.29, 1.82) is 0 Å². The Morgan fingerprint density at radius 1 is 1.40 bits per heavy atom. The Morgan fingerprint density at radius 2 is 2.27 bits per heavy atom. The Hall–Kier alpha value is -2.23. The Balaban J connectivity index is 2.57. The number of hydrogen-bond donors (Lipinski definition) is 0. The number of rotatable bonds is 3. The molecule has 4 heteroatoms. The lowest BCUT2D eigenvalue weighted by atomic mass is 10.1. The lowest BCUT2D eigenvalue weighted by molar-refractivity contribution is 0.112. The van der Waals surface area contributed by atoms with Gasteiger partial charge in [-0.05, 0) is 17.7 Å². The molecule has 4 nitrogen and oxygen atoms in total. The van der Waals surface area contributed by atoms with Crippen LogP contribution in [0.25, 0.3) is 11.8 Å². The second-order valence-corrected chi connectivity index (χ2v) is 2.98. The third-order valence-electron chi connectivity index (χ3n) is 2.08. The normalized spacial score (nSPS) is 9.87. The van der Waals surface area contributed by atoms with Crippen LogP contribution < -0.4 is 0 Å². The van der Waals surface area contributed by atoms with Crippen molar-refractivity contribution in [2.75, 3.05) is 0 Å². The van der Waals surface area contributed by atoms with Crippen LogP contribution in [-0.4, -0.2) is 21.1 Å². The molecule has 1 aromatic carbocycles. The van der Waals surface area contributed by atoms with Gasteiger partial charge in [0.1, 0.15) is 12.7 Å². The highest BCUT2D eigenvalue weighted by Crippen LogP contribution is 2.14. The summed E-state index contributed by atoms with van der Waals surface area (Å²) in [6.07, 6.45) is 5.47. The van der Waals surface area contributed by atoms with Crippen LogP contribution in [0.5, 0.6) is 0 Å². The fourth-order valence-corrected chi connectivity index (χ4v) is 1.34. The van der Waals surface area contributed by atoms with Gasteiger partial charge in [0.2, 0.25) is 0 Å². The molecule has 0 aliphatic rings. The predicted octanol–water partition coefficient (Wildman–Crippen LogP) is 1.72. The summed E-state index contributed by atoms with van der Waals surface area (Å²) >= 11 is 0. The average molecular weight is 199 g/mol. The van der Waals surface area contributed by atoms with Crippen LogP contribution in [0.2, 0.25) is 0 Å². The van der Waals surface area contributed by atoms with E-state index < -0.39 is 0 Å². The lowest BCUT2D eigenvalue weighted by Crippen LogP contribution is -1.99. The van der Waals surface area contributed by atoms with E-state index in [2.05, 4.69) is 16.7 Å². The van der Waals surface area contributed by atoms with Gasteiger partial charge in [0.25, 0.3) is 0 Å². The van der Waals surface area contributed by atoms with Crippen molar-refractivity contribution in [3.8, 4) is 5.69 Å². The summed E-state index contributed by atoms with van der Waals surface area (Å²) in [7, 11) is 0. The topological polar surface area (TPSA) is 47.8 Å². The maximum atomic E-state index is 10.9. The average Bonchev–Trinajstić information content (AvgIpc) is 2.81. The lowest BCUT2D eigenvalue weighted by Gasteiger charge is -2.04. The molecule has 1 aromatic heterocycles. The first-order valence-corrected chi connectivity index (χ1v) is 4.42. The molecule has 0 amide bonds. The number of benzene rings is 1. The van der Waals surface area contributed by atoms with Crippen molar-refractivity contribution in [1.82, 2.24) is 14.8 Å². The quantitative estimate of drug-likeness (QED) is 0.707. The molecule has 0 aliphatic carbocycles. The smallest absolute Gasteiger partial charge is 0.152 e. The van der Waals surface area contributed by atoms with Crippen LogP contribution in [0.1, 0.15) is 15.9 Å². The van der Waals surface area contributed by atoms with Gasteiger partial charge in [-0.2, -0.15) is 5.10 Å². The van der Waals surface area contributed by atoms with E-state index in [1.807, 2.05) is 12.1 Å². The van der Waals surface area contributed by atoms with Crippen LogP contribution in [0.3, 0.4) is 0 Å². The van der Waals surface area contributed by atoms with Crippen molar-refractivity contribution < 1.29 is 4.79 Å². The van der Waals surface area contributed by atoms with Gasteiger partial charge < -0.3 is 0 Å². The van der Waals surface area contributed by atoms with E-state index in [4.69, 9.17) is 0 Å². The van der Waals surface area contributed by atoms with Crippen molar-refractivity contribution >= 4 is 12.4 Å². The van der Waals surface area contributed by atoms with E-state index in [0.29, 0.717) is 11.3 Å². The number of carbonyl (C=O) groups is 1. The van der Waals surface area contributed by atoms with Crippen molar-refractivity contribution in [2.45, 2.75) is 0 Å². The van der Waals surface area contributed by atoms with Crippen molar-refractivity contribution in [3.05, 3.63) is 48.6 Å². The van der Waals surface area contributed by atoms with E-state index in [0.717, 1.165) is 11.8 Å². The molecule has 0 bridgehead atoms. The second-order valence-electron chi connectivity index (χ2n) is 2.98. The summed E-state index contributed by atoms with van der Waals surface area (Å²) in [6, 6.07) is 5.45. The molecule has 0 aliphatic heterocycles. The minimum Gasteiger partial charge on any atom is -0.298 e. The van der Waals surface area contributed by atoms with Gasteiger partial charge in [-0.25, -0.2) is 9.67 Å². The molecule has 0 unspecified atom stereocenters. The van der Waals surface area contributed by atoms with E-state index in [-0.39, 0.29) is 0 Å². The summed E-state index contributed by atoms with van der Waals surface area (Å²) in [5.41, 5.74) is 2.19. The van der Waals surface area contributed by atoms with Crippen molar-refractivity contribution in [3.63, 3.8) is 0 Å².